The number of ether oxygens (including phenoxy) is 1. The lowest BCUT2D eigenvalue weighted by Gasteiger charge is -2.13. The zero-order valence-electron chi connectivity index (χ0n) is 14.6. The molecular formula is C19H15F3N4O2. The van der Waals surface area contributed by atoms with Gasteiger partial charge in [-0.3, -0.25) is 4.79 Å². The molecule has 1 aromatic heterocycles. The Morgan fingerprint density at radius 1 is 0.929 bits per heavy atom. The lowest BCUT2D eigenvalue weighted by atomic mass is 10.1. The van der Waals surface area contributed by atoms with E-state index in [1.165, 1.54) is 37.4 Å². The average Bonchev–Trinajstić information content (AvgIpc) is 2.69. The second kappa shape index (κ2) is 7.95. The van der Waals surface area contributed by atoms with E-state index in [2.05, 4.69) is 20.8 Å². The van der Waals surface area contributed by atoms with Crippen LogP contribution < -0.4 is 15.4 Å². The maximum atomic E-state index is 13.0. The molecule has 144 valence electrons. The van der Waals surface area contributed by atoms with Crippen molar-refractivity contribution >= 4 is 23.2 Å². The van der Waals surface area contributed by atoms with Crippen LogP contribution in [0.2, 0.25) is 0 Å². The van der Waals surface area contributed by atoms with Crippen LogP contribution in [-0.4, -0.2) is 23.2 Å². The fourth-order valence-electron chi connectivity index (χ4n) is 2.37. The van der Waals surface area contributed by atoms with Gasteiger partial charge in [-0.05, 0) is 48.5 Å². The summed E-state index contributed by atoms with van der Waals surface area (Å²) >= 11 is 0. The highest BCUT2D eigenvalue weighted by molar-refractivity contribution is 6.03. The smallest absolute Gasteiger partial charge is 0.418 e. The van der Waals surface area contributed by atoms with E-state index in [9.17, 15) is 18.0 Å². The summed E-state index contributed by atoms with van der Waals surface area (Å²) in [5.41, 5.74) is -0.558. The molecule has 0 aliphatic heterocycles. The molecule has 2 N–H and O–H groups in total. The number of anilines is 3. The van der Waals surface area contributed by atoms with Gasteiger partial charge in [-0.15, -0.1) is 10.2 Å². The molecule has 2 aromatic carbocycles. The Labute approximate surface area is 158 Å². The number of halogens is 3. The standard InChI is InChI=1S/C19H15F3N4O2/c1-28-13-8-6-12(7-9-13)18(27)24-17-11-10-16(25-26-17)23-15-5-3-2-4-14(15)19(20,21)22/h2-11H,1H3,(H,23,25)(H,24,26,27). The van der Waals surface area contributed by atoms with Crippen LogP contribution in [-0.2, 0) is 6.18 Å². The van der Waals surface area contributed by atoms with E-state index in [0.717, 1.165) is 6.07 Å². The highest BCUT2D eigenvalue weighted by Gasteiger charge is 2.33. The summed E-state index contributed by atoms with van der Waals surface area (Å²) in [6.45, 7) is 0. The van der Waals surface area contributed by atoms with Crippen molar-refractivity contribution in [2.75, 3.05) is 17.7 Å². The van der Waals surface area contributed by atoms with Crippen LogP contribution in [0.25, 0.3) is 0 Å². The highest BCUT2D eigenvalue weighted by Crippen LogP contribution is 2.35. The molecule has 0 spiro atoms. The lowest BCUT2D eigenvalue weighted by Crippen LogP contribution is -2.13. The fourth-order valence-corrected chi connectivity index (χ4v) is 2.37. The number of amides is 1. The molecule has 0 unspecified atom stereocenters. The van der Waals surface area contributed by atoms with Gasteiger partial charge in [0, 0.05) is 5.56 Å². The topological polar surface area (TPSA) is 76.1 Å². The van der Waals surface area contributed by atoms with Crippen molar-refractivity contribution in [2.24, 2.45) is 0 Å². The fraction of sp³-hybridized carbons (Fsp3) is 0.105. The summed E-state index contributed by atoms with van der Waals surface area (Å²) in [5.74, 6) is 0.487. The van der Waals surface area contributed by atoms with Crippen LogP contribution in [0.4, 0.5) is 30.5 Å². The van der Waals surface area contributed by atoms with E-state index < -0.39 is 17.6 Å². The van der Waals surface area contributed by atoms with Gasteiger partial charge in [-0.1, -0.05) is 12.1 Å². The summed E-state index contributed by atoms with van der Waals surface area (Å²) in [7, 11) is 1.52. The Kier molecular flexibility index (Phi) is 5.44. The first-order valence-electron chi connectivity index (χ1n) is 8.09. The molecule has 0 saturated heterocycles. The number of rotatable bonds is 5. The molecule has 0 aliphatic carbocycles. The van der Waals surface area contributed by atoms with Gasteiger partial charge in [0.1, 0.15) is 5.75 Å². The number of nitrogens with zero attached hydrogens (tertiary/aromatic N) is 2. The van der Waals surface area contributed by atoms with Crippen molar-refractivity contribution in [1.82, 2.24) is 10.2 Å². The zero-order chi connectivity index (χ0) is 20.1. The Morgan fingerprint density at radius 3 is 2.18 bits per heavy atom. The molecule has 28 heavy (non-hydrogen) atoms. The van der Waals surface area contributed by atoms with Crippen LogP contribution in [0.3, 0.4) is 0 Å². The van der Waals surface area contributed by atoms with E-state index in [1.54, 1.807) is 24.3 Å². The number of methoxy groups -OCH3 is 1. The van der Waals surface area contributed by atoms with Crippen molar-refractivity contribution < 1.29 is 22.7 Å². The number of alkyl halides is 3. The third-order valence-corrected chi connectivity index (χ3v) is 3.75. The van der Waals surface area contributed by atoms with E-state index in [-0.39, 0.29) is 17.3 Å². The maximum Gasteiger partial charge on any atom is 0.418 e. The summed E-state index contributed by atoms with van der Waals surface area (Å²) in [5, 5.41) is 12.8. The maximum absolute atomic E-state index is 13.0. The van der Waals surface area contributed by atoms with Crippen molar-refractivity contribution in [3.05, 3.63) is 71.8 Å². The molecule has 6 nitrogen and oxygen atoms in total. The Hall–Kier alpha value is -3.62. The largest absolute Gasteiger partial charge is 0.497 e. The van der Waals surface area contributed by atoms with Crippen LogP contribution >= 0.6 is 0 Å². The predicted molar refractivity (Wildman–Crippen MR) is 97.7 cm³/mol. The number of para-hydroxylation sites is 1. The minimum atomic E-state index is -4.50. The molecule has 1 amide bonds. The summed E-state index contributed by atoms with van der Waals surface area (Å²) in [4.78, 5) is 12.2. The molecule has 3 aromatic rings. The molecule has 0 radical (unpaired) electrons. The van der Waals surface area contributed by atoms with Gasteiger partial charge in [-0.2, -0.15) is 13.2 Å². The third-order valence-electron chi connectivity index (χ3n) is 3.75. The summed E-state index contributed by atoms with van der Waals surface area (Å²) < 4.78 is 44.1. The molecule has 0 aliphatic rings. The van der Waals surface area contributed by atoms with E-state index >= 15 is 0 Å². The quantitative estimate of drug-likeness (QED) is 0.673. The van der Waals surface area contributed by atoms with Gasteiger partial charge in [0.05, 0.1) is 18.4 Å². The molecule has 0 bridgehead atoms. The van der Waals surface area contributed by atoms with E-state index in [0.29, 0.717) is 11.3 Å². The Bertz CT molecular complexity index is 958. The minimum Gasteiger partial charge on any atom is -0.497 e. The SMILES string of the molecule is COc1ccc(C(=O)Nc2ccc(Nc3ccccc3C(F)(F)F)nn2)cc1. The number of carbonyl (C=O) groups excluding carboxylic acids is 1. The van der Waals surface area contributed by atoms with Gasteiger partial charge in [0.15, 0.2) is 11.6 Å². The Balaban J connectivity index is 1.69. The van der Waals surface area contributed by atoms with Gasteiger partial charge >= 0.3 is 6.18 Å². The Morgan fingerprint density at radius 2 is 1.57 bits per heavy atom. The minimum absolute atomic E-state index is 0.110. The van der Waals surface area contributed by atoms with Crippen molar-refractivity contribution in [2.45, 2.75) is 6.18 Å². The first-order valence-corrected chi connectivity index (χ1v) is 8.09. The number of hydrogen-bond acceptors (Lipinski definition) is 5. The second-order valence-electron chi connectivity index (χ2n) is 5.65. The van der Waals surface area contributed by atoms with Crippen LogP contribution in [0, 0.1) is 0 Å². The molecule has 9 heteroatoms. The van der Waals surface area contributed by atoms with E-state index in [4.69, 9.17) is 4.74 Å². The second-order valence-corrected chi connectivity index (χ2v) is 5.65. The monoisotopic (exact) mass is 388 g/mol. The number of aromatic nitrogens is 2. The predicted octanol–water partition coefficient (Wildman–Crippen LogP) is 4.50. The number of hydrogen-bond donors (Lipinski definition) is 2. The number of carbonyl (C=O) groups is 1. The highest BCUT2D eigenvalue weighted by atomic mass is 19.4. The number of nitrogens with one attached hydrogen (secondary N) is 2. The van der Waals surface area contributed by atoms with Crippen molar-refractivity contribution in [3.63, 3.8) is 0 Å². The summed E-state index contributed by atoms with van der Waals surface area (Å²) in [6.07, 6.45) is -4.50. The first kappa shape index (κ1) is 19.2. The van der Waals surface area contributed by atoms with Gasteiger partial charge in [0.25, 0.3) is 5.91 Å². The third kappa shape index (κ3) is 4.56. The van der Waals surface area contributed by atoms with Crippen molar-refractivity contribution in [1.29, 1.82) is 0 Å². The van der Waals surface area contributed by atoms with Crippen LogP contribution in [0.1, 0.15) is 15.9 Å². The normalized spacial score (nSPS) is 11.0. The van der Waals surface area contributed by atoms with E-state index in [1.807, 2.05) is 0 Å². The molecule has 3 rings (SSSR count). The first-order chi connectivity index (χ1) is 13.4. The lowest BCUT2D eigenvalue weighted by molar-refractivity contribution is -0.136. The molecule has 1 heterocycles. The van der Waals surface area contributed by atoms with Gasteiger partial charge in [0.2, 0.25) is 0 Å². The zero-order valence-corrected chi connectivity index (χ0v) is 14.6. The van der Waals surface area contributed by atoms with Crippen LogP contribution in [0.15, 0.2) is 60.7 Å². The molecular weight excluding hydrogens is 373 g/mol. The van der Waals surface area contributed by atoms with Crippen LogP contribution in [0.5, 0.6) is 5.75 Å². The summed E-state index contributed by atoms with van der Waals surface area (Å²) in [6, 6.07) is 14.4. The molecule has 0 atom stereocenters. The number of benzene rings is 2. The van der Waals surface area contributed by atoms with Crippen molar-refractivity contribution in [3.8, 4) is 5.75 Å². The molecule has 0 fully saturated rings. The molecule has 0 saturated carbocycles. The average molecular weight is 388 g/mol. The van der Waals surface area contributed by atoms with Gasteiger partial charge in [-0.25, -0.2) is 0 Å². The van der Waals surface area contributed by atoms with Gasteiger partial charge < -0.3 is 15.4 Å².